The van der Waals surface area contributed by atoms with Gasteiger partial charge in [0, 0.05) is 38.3 Å². The first-order valence-electron chi connectivity index (χ1n) is 13.6. The Bertz CT molecular complexity index is 1510. The molecule has 1 aliphatic heterocycles. The fourth-order valence-electron chi connectivity index (χ4n) is 5.12. The standard InChI is InChI=1S/C27H35ClN12O2/c1-6-32-24-25-33-14-18(12-30)40(25)37-26(36-24)34-20-9-17(11-29)10-21(23(20)28)39-8-7-19(35-27(41)42-5)22(15-39)38(4)16(2)13-31-3/h9-10,14,16,19,22,31H,6-8,13,15H2,1-5H3,(H,35,41)(H2,32,34,36,37)/t16?,19-,22-/m1/s1. The second kappa shape index (κ2) is 13.5. The number of nitrogens with zero attached hydrogens (tertiary/aromatic N) is 8. The van der Waals surface area contributed by atoms with Crippen molar-refractivity contribution in [2.45, 2.75) is 38.4 Å². The van der Waals surface area contributed by atoms with E-state index >= 15 is 0 Å². The zero-order valence-corrected chi connectivity index (χ0v) is 25.0. The molecule has 14 nitrogen and oxygen atoms in total. The quantitative estimate of drug-likeness (QED) is 0.271. The number of likely N-dealkylation sites (N-methyl/N-ethyl adjacent to an activating group) is 2. The minimum Gasteiger partial charge on any atom is -0.453 e. The highest BCUT2D eigenvalue weighted by atomic mass is 35.5. The van der Waals surface area contributed by atoms with E-state index < -0.39 is 6.09 Å². The Kier molecular flexibility index (Phi) is 9.85. The number of fused-ring (bicyclic) bond motifs is 1. The molecule has 4 rings (SSSR count). The third kappa shape index (κ3) is 6.41. The van der Waals surface area contributed by atoms with Crippen LogP contribution in [0.4, 0.5) is 27.9 Å². The van der Waals surface area contributed by atoms with Crippen molar-refractivity contribution in [2.24, 2.45) is 0 Å². The number of ether oxygens (including phenoxy) is 1. The third-order valence-electron chi connectivity index (χ3n) is 7.38. The number of hydrogen-bond donors (Lipinski definition) is 4. The summed E-state index contributed by atoms with van der Waals surface area (Å²) >= 11 is 6.99. The van der Waals surface area contributed by atoms with Gasteiger partial charge in [-0.2, -0.15) is 20.0 Å². The highest BCUT2D eigenvalue weighted by molar-refractivity contribution is 6.36. The first-order valence-corrected chi connectivity index (χ1v) is 14.0. The number of carbonyl (C=O) groups excluding carboxylic acids is 1. The largest absolute Gasteiger partial charge is 0.453 e. The van der Waals surface area contributed by atoms with E-state index in [1.54, 1.807) is 12.1 Å². The molecule has 3 atom stereocenters. The summed E-state index contributed by atoms with van der Waals surface area (Å²) < 4.78 is 6.29. The van der Waals surface area contributed by atoms with Crippen LogP contribution in [-0.4, -0.2) is 96.1 Å². The summed E-state index contributed by atoms with van der Waals surface area (Å²) in [6.45, 7) is 6.52. The van der Waals surface area contributed by atoms with E-state index in [-0.39, 0.29) is 29.8 Å². The Hall–Kier alpha value is -4.37. The van der Waals surface area contributed by atoms with Gasteiger partial charge in [-0.25, -0.2) is 9.78 Å². The molecule has 0 saturated carbocycles. The lowest BCUT2D eigenvalue weighted by atomic mass is 9.96. The van der Waals surface area contributed by atoms with E-state index in [4.69, 9.17) is 16.3 Å². The van der Waals surface area contributed by atoms with E-state index in [0.29, 0.717) is 59.5 Å². The van der Waals surface area contributed by atoms with Crippen LogP contribution in [-0.2, 0) is 4.74 Å². The van der Waals surface area contributed by atoms with Crippen molar-refractivity contribution >= 4 is 46.5 Å². The van der Waals surface area contributed by atoms with Crippen molar-refractivity contribution in [2.75, 3.05) is 62.9 Å². The summed E-state index contributed by atoms with van der Waals surface area (Å²) in [6, 6.07) is 7.65. The van der Waals surface area contributed by atoms with Crippen LogP contribution in [0.1, 0.15) is 31.5 Å². The Morgan fingerprint density at radius 2 is 2.12 bits per heavy atom. The van der Waals surface area contributed by atoms with Crippen molar-refractivity contribution in [1.82, 2.24) is 35.1 Å². The highest BCUT2D eigenvalue weighted by Crippen LogP contribution is 2.37. The van der Waals surface area contributed by atoms with Gasteiger partial charge in [-0.1, -0.05) is 11.6 Å². The minimum absolute atomic E-state index is 0.0709. The van der Waals surface area contributed by atoms with Gasteiger partial charge in [0.05, 0.1) is 47.4 Å². The lowest BCUT2D eigenvalue weighted by molar-refractivity contribution is 0.118. The summed E-state index contributed by atoms with van der Waals surface area (Å²) in [5.74, 6) is 0.626. The molecule has 3 aromatic rings. The smallest absolute Gasteiger partial charge is 0.407 e. The molecule has 15 heteroatoms. The SMILES string of the molecule is CCNc1nc(Nc2cc(C#N)cc(N3CC[C@@H](NC(=O)OC)[C@H](N(C)C(C)CNC)C3)c2Cl)nn2c(C#N)cnc12. The number of aromatic nitrogens is 4. The molecule has 1 amide bonds. The molecule has 1 fully saturated rings. The summed E-state index contributed by atoms with van der Waals surface area (Å²) in [7, 11) is 5.29. The van der Waals surface area contributed by atoms with E-state index in [9.17, 15) is 15.3 Å². The Morgan fingerprint density at radius 1 is 1.33 bits per heavy atom. The number of nitriles is 2. The molecule has 1 saturated heterocycles. The molecule has 3 heterocycles. The molecule has 42 heavy (non-hydrogen) atoms. The summed E-state index contributed by atoms with van der Waals surface area (Å²) in [5, 5.41) is 36.7. The average Bonchev–Trinajstić information content (AvgIpc) is 3.41. The van der Waals surface area contributed by atoms with Crippen LogP contribution in [0.5, 0.6) is 0 Å². The van der Waals surface area contributed by atoms with Crippen LogP contribution in [0.2, 0.25) is 5.02 Å². The van der Waals surface area contributed by atoms with E-state index in [2.05, 4.69) is 65.2 Å². The maximum absolute atomic E-state index is 12.1. The molecule has 0 bridgehead atoms. The zero-order valence-electron chi connectivity index (χ0n) is 24.3. The van der Waals surface area contributed by atoms with Crippen molar-refractivity contribution in [1.29, 1.82) is 10.5 Å². The number of benzene rings is 1. The van der Waals surface area contributed by atoms with E-state index in [1.165, 1.54) is 17.8 Å². The van der Waals surface area contributed by atoms with Gasteiger partial charge in [-0.15, -0.1) is 5.10 Å². The van der Waals surface area contributed by atoms with Crippen molar-refractivity contribution in [3.8, 4) is 12.1 Å². The number of amides is 1. The van der Waals surface area contributed by atoms with Gasteiger partial charge >= 0.3 is 6.09 Å². The lowest BCUT2D eigenvalue weighted by Gasteiger charge is -2.45. The van der Waals surface area contributed by atoms with Gasteiger partial charge in [0.25, 0.3) is 0 Å². The first-order chi connectivity index (χ1) is 20.2. The first kappa shape index (κ1) is 30.6. The van der Waals surface area contributed by atoms with Crippen LogP contribution in [0.3, 0.4) is 0 Å². The number of anilines is 4. The molecule has 2 aromatic heterocycles. The molecule has 222 valence electrons. The van der Waals surface area contributed by atoms with Crippen LogP contribution < -0.4 is 26.2 Å². The Balaban J connectivity index is 1.70. The molecule has 1 unspecified atom stereocenters. The van der Waals surface area contributed by atoms with Crippen LogP contribution in [0, 0.1) is 22.7 Å². The fourth-order valence-corrected chi connectivity index (χ4v) is 5.40. The molecule has 4 N–H and O–H groups in total. The fraction of sp³-hybridized carbons (Fsp3) is 0.481. The second-order valence-electron chi connectivity index (χ2n) is 10.0. The second-order valence-corrected chi connectivity index (χ2v) is 10.4. The number of methoxy groups -OCH3 is 1. The molecule has 1 aliphatic rings. The summed E-state index contributed by atoms with van der Waals surface area (Å²) in [5.41, 5.74) is 2.17. The van der Waals surface area contributed by atoms with Gasteiger partial charge in [0.2, 0.25) is 5.95 Å². The molecular weight excluding hydrogens is 560 g/mol. The minimum atomic E-state index is -0.476. The molecule has 0 spiro atoms. The van der Waals surface area contributed by atoms with Gasteiger partial charge < -0.3 is 30.9 Å². The highest BCUT2D eigenvalue weighted by Gasteiger charge is 2.36. The zero-order chi connectivity index (χ0) is 30.4. The molecule has 0 radical (unpaired) electrons. The number of alkyl carbamates (subject to hydrolysis) is 1. The number of imidazole rings is 1. The number of carbonyl (C=O) groups is 1. The van der Waals surface area contributed by atoms with Crippen LogP contribution in [0.25, 0.3) is 5.65 Å². The van der Waals surface area contributed by atoms with Gasteiger partial charge in [0.1, 0.15) is 6.07 Å². The number of hydrogen-bond acceptors (Lipinski definition) is 12. The predicted octanol–water partition coefficient (Wildman–Crippen LogP) is 2.54. The Morgan fingerprint density at radius 3 is 2.79 bits per heavy atom. The monoisotopic (exact) mass is 594 g/mol. The summed E-state index contributed by atoms with van der Waals surface area (Å²) in [6.07, 6.45) is 1.59. The normalized spacial score (nSPS) is 17.4. The number of nitrogens with one attached hydrogen (secondary N) is 4. The van der Waals surface area contributed by atoms with Crippen LogP contribution >= 0.6 is 11.6 Å². The predicted molar refractivity (Wildman–Crippen MR) is 160 cm³/mol. The number of halogens is 1. The average molecular weight is 595 g/mol. The van der Waals surface area contributed by atoms with Crippen LogP contribution in [0.15, 0.2) is 18.3 Å². The van der Waals surface area contributed by atoms with Gasteiger partial charge in [-0.05, 0) is 46.5 Å². The Labute approximate surface area is 249 Å². The van der Waals surface area contributed by atoms with E-state index in [1.807, 2.05) is 21.0 Å². The number of piperidine rings is 1. The van der Waals surface area contributed by atoms with E-state index in [0.717, 1.165) is 6.54 Å². The summed E-state index contributed by atoms with van der Waals surface area (Å²) in [4.78, 5) is 25.3. The lowest BCUT2D eigenvalue weighted by Crippen LogP contribution is -2.62. The molecular formula is C27H35ClN12O2. The topological polar surface area (TPSA) is 172 Å². The molecule has 1 aromatic carbocycles. The van der Waals surface area contributed by atoms with Crippen molar-refractivity contribution in [3.05, 3.63) is 34.6 Å². The maximum Gasteiger partial charge on any atom is 0.407 e. The number of rotatable bonds is 10. The van der Waals surface area contributed by atoms with Gasteiger partial charge in [-0.3, -0.25) is 4.90 Å². The van der Waals surface area contributed by atoms with Crippen molar-refractivity contribution < 1.29 is 9.53 Å². The molecule has 0 aliphatic carbocycles. The van der Waals surface area contributed by atoms with Crippen molar-refractivity contribution in [3.63, 3.8) is 0 Å². The van der Waals surface area contributed by atoms with Gasteiger partial charge in [0.15, 0.2) is 17.2 Å². The maximum atomic E-state index is 12.1. The third-order valence-corrected chi connectivity index (χ3v) is 7.78.